The number of nitrogens with zero attached hydrogens (tertiary/aromatic N) is 1. The molecule has 4 N–H and O–H groups in total. The Morgan fingerprint density at radius 1 is 1.35 bits per heavy atom. The van der Waals surface area contributed by atoms with E-state index in [0.717, 1.165) is 19.5 Å². The van der Waals surface area contributed by atoms with E-state index in [1.807, 2.05) is 0 Å². The van der Waals surface area contributed by atoms with Gasteiger partial charge in [-0.1, -0.05) is 6.42 Å². The summed E-state index contributed by atoms with van der Waals surface area (Å²) in [5.74, 6) is -1.34. The van der Waals surface area contributed by atoms with Crippen molar-refractivity contribution < 1.29 is 19.8 Å². The Kier molecular flexibility index (Phi) is 7.32. The van der Waals surface area contributed by atoms with Crippen molar-refractivity contribution in [1.82, 2.24) is 15.5 Å². The van der Waals surface area contributed by atoms with Gasteiger partial charge in [0.2, 0.25) is 0 Å². The molecule has 0 radical (unpaired) electrons. The highest BCUT2D eigenvalue weighted by Crippen LogP contribution is 2.15. The molecule has 1 aliphatic rings. The Morgan fingerprint density at radius 2 is 2.10 bits per heavy atom. The molecule has 0 aromatic heterocycles. The highest BCUT2D eigenvalue weighted by Gasteiger charge is 2.17. The van der Waals surface area contributed by atoms with Crippen molar-refractivity contribution in [3.63, 3.8) is 0 Å². The Morgan fingerprint density at radius 3 is 2.75 bits per heavy atom. The first-order valence-corrected chi connectivity index (χ1v) is 7.17. The number of hydrogen-bond donors (Lipinski definition) is 4. The van der Waals surface area contributed by atoms with E-state index in [1.165, 1.54) is 19.3 Å². The van der Waals surface area contributed by atoms with E-state index in [0.29, 0.717) is 12.6 Å². The van der Waals surface area contributed by atoms with E-state index in [-0.39, 0.29) is 6.54 Å². The monoisotopic (exact) mass is 287 g/mol. The minimum Gasteiger partial charge on any atom is -0.479 e. The van der Waals surface area contributed by atoms with E-state index in [4.69, 9.17) is 10.2 Å². The molecule has 0 aliphatic carbocycles. The summed E-state index contributed by atoms with van der Waals surface area (Å²) in [6, 6.07) is 0.167. The second-order valence-electron chi connectivity index (χ2n) is 5.23. The van der Waals surface area contributed by atoms with Gasteiger partial charge in [-0.2, -0.15) is 0 Å². The van der Waals surface area contributed by atoms with Crippen LogP contribution in [0.2, 0.25) is 0 Å². The van der Waals surface area contributed by atoms with Gasteiger partial charge in [0.25, 0.3) is 0 Å². The SMILES string of the molecule is CC1CCCCN1CCCNC(=O)NCC(O)C(=O)O. The molecule has 116 valence electrons. The smallest absolute Gasteiger partial charge is 0.334 e. The molecule has 7 nitrogen and oxygen atoms in total. The number of piperidine rings is 1. The summed E-state index contributed by atoms with van der Waals surface area (Å²) >= 11 is 0. The lowest BCUT2D eigenvalue weighted by atomic mass is 10.0. The number of aliphatic hydroxyl groups is 1. The molecule has 1 saturated heterocycles. The molecule has 0 bridgehead atoms. The summed E-state index contributed by atoms with van der Waals surface area (Å²) in [4.78, 5) is 24.1. The minimum absolute atomic E-state index is 0.287. The number of rotatable bonds is 7. The number of carbonyl (C=O) groups is 2. The molecule has 20 heavy (non-hydrogen) atoms. The number of hydrogen-bond acceptors (Lipinski definition) is 4. The fourth-order valence-corrected chi connectivity index (χ4v) is 2.31. The quantitative estimate of drug-likeness (QED) is 0.494. The van der Waals surface area contributed by atoms with Crippen LogP contribution in [0, 0.1) is 0 Å². The molecule has 1 heterocycles. The first-order valence-electron chi connectivity index (χ1n) is 7.17. The van der Waals surface area contributed by atoms with Crippen molar-refractivity contribution in [1.29, 1.82) is 0 Å². The zero-order valence-electron chi connectivity index (χ0n) is 12.0. The van der Waals surface area contributed by atoms with Crippen LogP contribution >= 0.6 is 0 Å². The summed E-state index contributed by atoms with van der Waals surface area (Å²) in [5.41, 5.74) is 0. The van der Waals surface area contributed by atoms with Crippen LogP contribution < -0.4 is 10.6 Å². The second kappa shape index (κ2) is 8.76. The van der Waals surface area contributed by atoms with Crippen molar-refractivity contribution in [2.45, 2.75) is 44.8 Å². The van der Waals surface area contributed by atoms with E-state index in [9.17, 15) is 9.59 Å². The Labute approximate surface area is 119 Å². The lowest BCUT2D eigenvalue weighted by molar-refractivity contribution is -0.146. The van der Waals surface area contributed by atoms with E-state index in [2.05, 4.69) is 22.5 Å². The van der Waals surface area contributed by atoms with E-state index >= 15 is 0 Å². The predicted molar refractivity (Wildman–Crippen MR) is 74.5 cm³/mol. The molecule has 1 fully saturated rings. The average Bonchev–Trinajstić information content (AvgIpc) is 2.42. The number of amides is 2. The van der Waals surface area contributed by atoms with Gasteiger partial charge < -0.3 is 25.7 Å². The third kappa shape index (κ3) is 6.21. The number of urea groups is 1. The molecule has 0 aromatic rings. The van der Waals surface area contributed by atoms with Crippen LogP contribution in [0.25, 0.3) is 0 Å². The number of likely N-dealkylation sites (tertiary alicyclic amines) is 1. The summed E-state index contributed by atoms with van der Waals surface area (Å²) in [6.07, 6.45) is 3.07. The van der Waals surface area contributed by atoms with Crippen LogP contribution in [0.15, 0.2) is 0 Å². The third-order valence-electron chi connectivity index (χ3n) is 3.59. The van der Waals surface area contributed by atoms with Crippen LogP contribution in [0.4, 0.5) is 4.79 Å². The normalized spacial score (nSPS) is 21.2. The zero-order chi connectivity index (χ0) is 15.0. The largest absolute Gasteiger partial charge is 0.479 e. The minimum atomic E-state index is -1.56. The van der Waals surface area contributed by atoms with Gasteiger partial charge in [0.15, 0.2) is 6.10 Å². The molecule has 0 saturated carbocycles. The molecular formula is C13H25N3O4. The van der Waals surface area contributed by atoms with Gasteiger partial charge in [0, 0.05) is 19.1 Å². The lowest BCUT2D eigenvalue weighted by Crippen LogP contribution is -2.43. The van der Waals surface area contributed by atoms with Gasteiger partial charge >= 0.3 is 12.0 Å². The molecule has 1 aliphatic heterocycles. The number of nitrogens with one attached hydrogen (secondary N) is 2. The van der Waals surface area contributed by atoms with Gasteiger partial charge in [0.05, 0.1) is 6.54 Å². The third-order valence-corrected chi connectivity index (χ3v) is 3.59. The van der Waals surface area contributed by atoms with Gasteiger partial charge in [-0.3, -0.25) is 0 Å². The Hall–Kier alpha value is -1.34. The zero-order valence-corrected chi connectivity index (χ0v) is 12.0. The molecule has 2 unspecified atom stereocenters. The van der Waals surface area contributed by atoms with E-state index < -0.39 is 18.1 Å². The molecule has 2 atom stereocenters. The van der Waals surface area contributed by atoms with E-state index in [1.54, 1.807) is 0 Å². The predicted octanol–water partition coefficient (Wildman–Crippen LogP) is -0.00440. The number of aliphatic hydroxyl groups excluding tert-OH is 1. The van der Waals surface area contributed by atoms with Crippen molar-refractivity contribution in [3.05, 3.63) is 0 Å². The number of carboxylic acids is 1. The van der Waals surface area contributed by atoms with Crippen LogP contribution in [0.1, 0.15) is 32.6 Å². The maximum atomic E-state index is 11.3. The molecule has 2 amide bonds. The topological polar surface area (TPSA) is 102 Å². The van der Waals surface area contributed by atoms with Crippen molar-refractivity contribution in [2.75, 3.05) is 26.2 Å². The maximum Gasteiger partial charge on any atom is 0.334 e. The number of carbonyl (C=O) groups excluding carboxylic acids is 1. The lowest BCUT2D eigenvalue weighted by Gasteiger charge is -2.33. The Bertz CT molecular complexity index is 325. The van der Waals surface area contributed by atoms with Crippen LogP contribution in [-0.4, -0.2) is 65.4 Å². The molecule has 7 heteroatoms. The highest BCUT2D eigenvalue weighted by atomic mass is 16.4. The first kappa shape index (κ1) is 16.7. The van der Waals surface area contributed by atoms with Crippen LogP contribution in [-0.2, 0) is 4.79 Å². The summed E-state index contributed by atoms with van der Waals surface area (Å²) in [7, 11) is 0. The maximum absolute atomic E-state index is 11.3. The van der Waals surface area contributed by atoms with Crippen molar-refractivity contribution >= 4 is 12.0 Å². The van der Waals surface area contributed by atoms with Gasteiger partial charge in [-0.05, 0) is 32.7 Å². The van der Waals surface area contributed by atoms with Gasteiger partial charge in [-0.15, -0.1) is 0 Å². The second-order valence-corrected chi connectivity index (χ2v) is 5.23. The van der Waals surface area contributed by atoms with Gasteiger partial charge in [0.1, 0.15) is 0 Å². The number of carboxylic acid groups (broad SMARTS) is 1. The standard InChI is InChI=1S/C13H25N3O4/c1-10-5-2-3-7-16(10)8-4-6-14-13(20)15-9-11(17)12(18)19/h10-11,17H,2-9H2,1H3,(H,18,19)(H2,14,15,20). The van der Waals surface area contributed by atoms with Crippen LogP contribution in [0.3, 0.4) is 0 Å². The summed E-state index contributed by atoms with van der Waals surface area (Å²) in [5, 5.41) is 22.4. The molecular weight excluding hydrogens is 262 g/mol. The fraction of sp³-hybridized carbons (Fsp3) is 0.846. The fourth-order valence-electron chi connectivity index (χ4n) is 2.31. The summed E-state index contributed by atoms with van der Waals surface area (Å²) in [6.45, 7) is 4.56. The molecule has 0 spiro atoms. The molecule has 0 aromatic carbocycles. The summed E-state index contributed by atoms with van der Waals surface area (Å²) < 4.78 is 0. The molecule has 1 rings (SSSR count). The van der Waals surface area contributed by atoms with Gasteiger partial charge in [-0.25, -0.2) is 9.59 Å². The average molecular weight is 287 g/mol. The van der Waals surface area contributed by atoms with Crippen LogP contribution in [0.5, 0.6) is 0 Å². The Balaban J connectivity index is 2.05. The first-order chi connectivity index (χ1) is 9.50. The van der Waals surface area contributed by atoms with Crippen molar-refractivity contribution in [3.8, 4) is 0 Å². The van der Waals surface area contributed by atoms with Crippen molar-refractivity contribution in [2.24, 2.45) is 0 Å². The number of aliphatic carboxylic acids is 1. The highest BCUT2D eigenvalue weighted by molar-refractivity contribution is 5.76.